The number of nitrogens with zero attached hydrogens (tertiary/aromatic N) is 3. The molecule has 0 bridgehead atoms. The summed E-state index contributed by atoms with van der Waals surface area (Å²) < 4.78 is 0. The maximum absolute atomic E-state index is 6.19. The van der Waals surface area contributed by atoms with Crippen LogP contribution in [0.3, 0.4) is 0 Å². The first-order valence-electron chi connectivity index (χ1n) is 6.30. The minimum atomic E-state index is 0.298. The third-order valence-electron chi connectivity index (χ3n) is 2.77. The maximum Gasteiger partial charge on any atom is 0.137 e. The third-order valence-corrected chi connectivity index (χ3v) is 3.14. The van der Waals surface area contributed by atoms with Crippen molar-refractivity contribution >= 4 is 17.4 Å². The Kier molecular flexibility index (Phi) is 5.19. The monoisotopic (exact) mass is 255 g/mol. The van der Waals surface area contributed by atoms with Crippen LogP contribution in [-0.4, -0.2) is 23.1 Å². The maximum atomic E-state index is 6.19. The van der Waals surface area contributed by atoms with Crippen LogP contribution in [0.25, 0.3) is 0 Å². The van der Waals surface area contributed by atoms with Crippen molar-refractivity contribution in [1.82, 2.24) is 9.97 Å². The molecule has 0 spiro atoms. The summed E-state index contributed by atoms with van der Waals surface area (Å²) in [6.45, 7) is 12.4. The molecule has 0 saturated heterocycles. The molecule has 1 rings (SSSR count). The van der Waals surface area contributed by atoms with E-state index in [-0.39, 0.29) is 0 Å². The molecule has 1 aromatic rings. The molecule has 1 heterocycles. The second-order valence-electron chi connectivity index (χ2n) is 4.56. The van der Waals surface area contributed by atoms with Crippen LogP contribution >= 0.6 is 11.6 Å². The molecule has 4 heteroatoms. The van der Waals surface area contributed by atoms with Crippen molar-refractivity contribution in [3.63, 3.8) is 0 Å². The van der Waals surface area contributed by atoms with Crippen molar-refractivity contribution in [2.45, 2.75) is 47.0 Å². The van der Waals surface area contributed by atoms with E-state index in [9.17, 15) is 0 Å². The van der Waals surface area contributed by atoms with Gasteiger partial charge in [0.15, 0.2) is 0 Å². The van der Waals surface area contributed by atoms with Crippen LogP contribution in [0.2, 0.25) is 5.15 Å². The summed E-state index contributed by atoms with van der Waals surface area (Å²) in [5, 5.41) is 0.577. The van der Waals surface area contributed by atoms with E-state index in [4.69, 9.17) is 11.6 Å². The number of aromatic nitrogens is 2. The van der Waals surface area contributed by atoms with Crippen LogP contribution in [0.15, 0.2) is 0 Å². The minimum absolute atomic E-state index is 0.298. The first kappa shape index (κ1) is 14.2. The minimum Gasteiger partial charge on any atom is -0.357 e. The van der Waals surface area contributed by atoms with E-state index in [1.807, 2.05) is 6.92 Å². The SMILES string of the molecule is CCCN(CC)c1nc(C(C)C)nc(Cl)c1C. The van der Waals surface area contributed by atoms with Gasteiger partial charge in [0.05, 0.1) is 0 Å². The van der Waals surface area contributed by atoms with Crippen molar-refractivity contribution < 1.29 is 0 Å². The molecule has 0 saturated carbocycles. The Labute approximate surface area is 109 Å². The zero-order valence-electron chi connectivity index (χ0n) is 11.4. The van der Waals surface area contributed by atoms with Gasteiger partial charge in [0.2, 0.25) is 0 Å². The van der Waals surface area contributed by atoms with Crippen LogP contribution in [0, 0.1) is 6.92 Å². The van der Waals surface area contributed by atoms with Crippen LogP contribution < -0.4 is 4.90 Å². The van der Waals surface area contributed by atoms with Crippen LogP contribution in [0.5, 0.6) is 0 Å². The summed E-state index contributed by atoms with van der Waals surface area (Å²) in [4.78, 5) is 11.2. The average Bonchev–Trinajstić information content (AvgIpc) is 2.29. The van der Waals surface area contributed by atoms with Gasteiger partial charge in [0.1, 0.15) is 16.8 Å². The van der Waals surface area contributed by atoms with Crippen molar-refractivity contribution in [2.24, 2.45) is 0 Å². The molecule has 96 valence electrons. The molecule has 0 fully saturated rings. The summed E-state index contributed by atoms with van der Waals surface area (Å²) in [6, 6.07) is 0. The zero-order chi connectivity index (χ0) is 13.0. The van der Waals surface area contributed by atoms with E-state index in [0.717, 1.165) is 36.7 Å². The van der Waals surface area contributed by atoms with Gasteiger partial charge in [0, 0.05) is 24.6 Å². The fraction of sp³-hybridized carbons (Fsp3) is 0.692. The van der Waals surface area contributed by atoms with Gasteiger partial charge in [-0.1, -0.05) is 32.4 Å². The lowest BCUT2D eigenvalue weighted by molar-refractivity contribution is 0.733. The highest BCUT2D eigenvalue weighted by atomic mass is 35.5. The molecule has 0 aliphatic heterocycles. The molecule has 17 heavy (non-hydrogen) atoms. The Bertz CT molecular complexity index is 377. The van der Waals surface area contributed by atoms with Crippen LogP contribution in [0.4, 0.5) is 5.82 Å². The van der Waals surface area contributed by atoms with Gasteiger partial charge >= 0.3 is 0 Å². The van der Waals surface area contributed by atoms with E-state index in [2.05, 4.69) is 42.6 Å². The molecule has 0 amide bonds. The Balaban J connectivity index is 3.20. The molecule has 0 N–H and O–H groups in total. The fourth-order valence-corrected chi connectivity index (χ4v) is 1.91. The van der Waals surface area contributed by atoms with Crippen LogP contribution in [0.1, 0.15) is 51.4 Å². The summed E-state index contributed by atoms with van der Waals surface area (Å²) in [5.74, 6) is 2.11. The largest absolute Gasteiger partial charge is 0.357 e. The highest BCUT2D eigenvalue weighted by Gasteiger charge is 2.15. The summed E-state index contributed by atoms with van der Waals surface area (Å²) in [5.41, 5.74) is 0.978. The predicted molar refractivity (Wildman–Crippen MR) is 74.0 cm³/mol. The topological polar surface area (TPSA) is 29.0 Å². The number of halogens is 1. The molecule has 0 unspecified atom stereocenters. The second-order valence-corrected chi connectivity index (χ2v) is 4.91. The first-order valence-corrected chi connectivity index (χ1v) is 6.68. The van der Waals surface area contributed by atoms with Gasteiger partial charge in [-0.3, -0.25) is 0 Å². The lowest BCUT2D eigenvalue weighted by atomic mass is 10.2. The lowest BCUT2D eigenvalue weighted by Crippen LogP contribution is -2.26. The lowest BCUT2D eigenvalue weighted by Gasteiger charge is -2.24. The normalized spacial score (nSPS) is 11.0. The molecule has 0 aliphatic rings. The summed E-state index contributed by atoms with van der Waals surface area (Å²) in [6.07, 6.45) is 1.10. The fourth-order valence-electron chi connectivity index (χ4n) is 1.74. The van der Waals surface area contributed by atoms with Gasteiger partial charge in [-0.15, -0.1) is 0 Å². The van der Waals surface area contributed by atoms with Gasteiger partial charge in [-0.05, 0) is 20.3 Å². The van der Waals surface area contributed by atoms with Gasteiger partial charge in [-0.25, -0.2) is 9.97 Å². The molecule has 0 aromatic carbocycles. The molecule has 0 atom stereocenters. The Morgan fingerprint density at radius 3 is 2.35 bits per heavy atom. The number of anilines is 1. The average molecular weight is 256 g/mol. The quantitative estimate of drug-likeness (QED) is 0.750. The van der Waals surface area contributed by atoms with Crippen LogP contribution in [-0.2, 0) is 0 Å². The number of rotatable bonds is 5. The summed E-state index contributed by atoms with van der Waals surface area (Å²) in [7, 11) is 0. The number of hydrogen-bond acceptors (Lipinski definition) is 3. The van der Waals surface area contributed by atoms with Crippen molar-refractivity contribution in [3.8, 4) is 0 Å². The highest BCUT2D eigenvalue weighted by Crippen LogP contribution is 2.25. The predicted octanol–water partition coefficient (Wildman–Crippen LogP) is 3.80. The Morgan fingerprint density at radius 2 is 1.88 bits per heavy atom. The van der Waals surface area contributed by atoms with Crippen molar-refractivity contribution in [3.05, 3.63) is 16.5 Å². The Hall–Kier alpha value is -0.830. The van der Waals surface area contributed by atoms with Gasteiger partial charge < -0.3 is 4.90 Å². The molecule has 0 radical (unpaired) electrons. The summed E-state index contributed by atoms with van der Waals surface area (Å²) >= 11 is 6.19. The van der Waals surface area contributed by atoms with E-state index in [1.54, 1.807) is 0 Å². The molecule has 3 nitrogen and oxygen atoms in total. The van der Waals surface area contributed by atoms with E-state index in [1.165, 1.54) is 0 Å². The van der Waals surface area contributed by atoms with Gasteiger partial charge in [-0.2, -0.15) is 0 Å². The van der Waals surface area contributed by atoms with Crippen molar-refractivity contribution in [1.29, 1.82) is 0 Å². The second kappa shape index (κ2) is 6.20. The van der Waals surface area contributed by atoms with Crippen molar-refractivity contribution in [2.75, 3.05) is 18.0 Å². The Morgan fingerprint density at radius 1 is 1.24 bits per heavy atom. The molecular weight excluding hydrogens is 234 g/mol. The smallest absolute Gasteiger partial charge is 0.137 e. The zero-order valence-corrected chi connectivity index (χ0v) is 12.2. The number of hydrogen-bond donors (Lipinski definition) is 0. The molecule has 0 aliphatic carbocycles. The van der Waals surface area contributed by atoms with E-state index < -0.39 is 0 Å². The first-order chi connectivity index (χ1) is 8.01. The third kappa shape index (κ3) is 3.32. The van der Waals surface area contributed by atoms with E-state index >= 15 is 0 Å². The molecule has 1 aromatic heterocycles. The van der Waals surface area contributed by atoms with E-state index in [0.29, 0.717) is 11.1 Å². The standard InChI is InChI=1S/C13H22ClN3/c1-6-8-17(7-2)13-10(5)11(14)15-12(16-13)9(3)4/h9H,6-8H2,1-5H3. The highest BCUT2D eigenvalue weighted by molar-refractivity contribution is 6.30. The molecular formula is C13H22ClN3. The van der Waals surface area contributed by atoms with Gasteiger partial charge in [0.25, 0.3) is 0 Å².